The van der Waals surface area contributed by atoms with Crippen LogP contribution in [0.5, 0.6) is 11.5 Å². The van der Waals surface area contributed by atoms with Crippen LogP contribution in [0.15, 0.2) is 54.6 Å². The SMILES string of the molecule is CC.CC.CCOc1cc(CN(C)CCC2(C)CN(c3ccc(C(=O)O)c(C)c3)C(=O)O2)cc(O)c1-c1ccc(F)cc1. The molecule has 0 aromatic heterocycles. The van der Waals surface area contributed by atoms with Gasteiger partial charge in [-0.1, -0.05) is 39.8 Å². The average Bonchev–Trinajstić information content (AvgIpc) is 3.29. The van der Waals surface area contributed by atoms with Crippen molar-refractivity contribution in [1.29, 1.82) is 0 Å². The van der Waals surface area contributed by atoms with Crippen molar-refractivity contribution in [2.75, 3.05) is 31.6 Å². The Bertz CT molecular complexity index is 1380. The third kappa shape index (κ3) is 8.94. The first-order valence-corrected chi connectivity index (χ1v) is 14.8. The number of carboxylic acids is 1. The molecule has 0 spiro atoms. The van der Waals surface area contributed by atoms with Crippen LogP contribution in [0.2, 0.25) is 0 Å². The summed E-state index contributed by atoms with van der Waals surface area (Å²) in [5.41, 5.74) is 2.65. The monoisotopic (exact) mass is 596 g/mol. The van der Waals surface area contributed by atoms with Crippen molar-refractivity contribution in [3.8, 4) is 22.6 Å². The third-order valence-corrected chi connectivity index (χ3v) is 6.85. The summed E-state index contributed by atoms with van der Waals surface area (Å²) >= 11 is 0. The quantitative estimate of drug-likeness (QED) is 0.245. The van der Waals surface area contributed by atoms with E-state index in [1.165, 1.54) is 23.1 Å². The molecule has 2 N–H and O–H groups in total. The Kier molecular flexibility index (Phi) is 13.0. The highest BCUT2D eigenvalue weighted by atomic mass is 19.1. The van der Waals surface area contributed by atoms with Crippen LogP contribution in [-0.4, -0.2) is 59.5 Å². The number of aromatic carboxylic acids is 1. The molecule has 1 fully saturated rings. The first-order valence-electron chi connectivity index (χ1n) is 14.8. The molecule has 1 saturated heterocycles. The number of ether oxygens (including phenoxy) is 2. The summed E-state index contributed by atoms with van der Waals surface area (Å²) in [5, 5.41) is 20.1. The highest BCUT2D eigenvalue weighted by Gasteiger charge is 2.42. The van der Waals surface area contributed by atoms with Crippen molar-refractivity contribution in [2.24, 2.45) is 0 Å². The Morgan fingerprint density at radius 2 is 1.74 bits per heavy atom. The van der Waals surface area contributed by atoms with Gasteiger partial charge in [-0.2, -0.15) is 0 Å². The zero-order valence-corrected chi connectivity index (χ0v) is 26.5. The summed E-state index contributed by atoms with van der Waals surface area (Å²) in [6.07, 6.45) is 0.0980. The molecular weight excluding hydrogens is 551 g/mol. The number of phenolic OH excluding ortho intramolecular Hbond substituents is 1. The summed E-state index contributed by atoms with van der Waals surface area (Å²) in [7, 11) is 1.94. The van der Waals surface area contributed by atoms with Crippen LogP contribution in [-0.2, 0) is 11.3 Å². The third-order valence-electron chi connectivity index (χ3n) is 6.85. The number of phenols is 1. The Hall–Kier alpha value is -4.11. The molecule has 3 aromatic carbocycles. The molecular formula is C34H45FN2O6. The lowest BCUT2D eigenvalue weighted by Gasteiger charge is -2.26. The molecule has 9 heteroatoms. The van der Waals surface area contributed by atoms with Crippen molar-refractivity contribution >= 4 is 17.7 Å². The maximum absolute atomic E-state index is 13.4. The summed E-state index contributed by atoms with van der Waals surface area (Å²) in [4.78, 5) is 27.6. The summed E-state index contributed by atoms with van der Waals surface area (Å²) in [6, 6.07) is 14.2. The number of anilines is 1. The smallest absolute Gasteiger partial charge is 0.415 e. The minimum Gasteiger partial charge on any atom is -0.507 e. The van der Waals surface area contributed by atoms with Crippen LogP contribution in [0.25, 0.3) is 11.1 Å². The van der Waals surface area contributed by atoms with Crippen LogP contribution in [0.1, 0.15) is 69.4 Å². The lowest BCUT2D eigenvalue weighted by atomic mass is 10.00. The van der Waals surface area contributed by atoms with E-state index in [-0.39, 0.29) is 17.1 Å². The molecule has 3 aromatic rings. The fourth-order valence-corrected chi connectivity index (χ4v) is 4.82. The second-order valence-electron chi connectivity index (χ2n) is 10.1. The molecule has 1 aliphatic heterocycles. The highest BCUT2D eigenvalue weighted by molar-refractivity contribution is 5.93. The van der Waals surface area contributed by atoms with Gasteiger partial charge in [-0.25, -0.2) is 14.0 Å². The molecule has 0 bridgehead atoms. The second-order valence-corrected chi connectivity index (χ2v) is 10.1. The lowest BCUT2D eigenvalue weighted by molar-refractivity contribution is 0.0567. The standard InChI is InChI=1S/C30H33FN2O6.2C2H6/c1-5-38-26-16-20(15-25(34)27(26)21-6-8-22(31)9-7-21)17-32(4)13-12-30(3)18-33(29(37)39-30)23-10-11-24(28(35)36)19(2)14-23;2*1-2/h6-11,14-16,34H,5,12-13,17-18H2,1-4H3,(H,35,36);2*1-2H3. The maximum atomic E-state index is 13.4. The largest absolute Gasteiger partial charge is 0.507 e. The molecule has 0 aliphatic carbocycles. The van der Waals surface area contributed by atoms with Crippen LogP contribution < -0.4 is 9.64 Å². The van der Waals surface area contributed by atoms with Gasteiger partial charge < -0.3 is 24.6 Å². The predicted octanol–water partition coefficient (Wildman–Crippen LogP) is 7.89. The average molecular weight is 597 g/mol. The minimum absolute atomic E-state index is 0.0486. The van der Waals surface area contributed by atoms with Crippen molar-refractivity contribution in [3.05, 3.63) is 77.1 Å². The topological polar surface area (TPSA) is 99.5 Å². The van der Waals surface area contributed by atoms with Crippen molar-refractivity contribution in [2.45, 2.75) is 67.0 Å². The molecule has 8 nitrogen and oxygen atoms in total. The number of halogens is 1. The number of cyclic esters (lactones) is 1. The molecule has 234 valence electrons. The number of hydrogen-bond donors (Lipinski definition) is 2. The summed E-state index contributed by atoms with van der Waals surface area (Å²) in [6.45, 7) is 15.3. The highest BCUT2D eigenvalue weighted by Crippen LogP contribution is 2.39. The number of amides is 1. The molecule has 0 radical (unpaired) electrons. The van der Waals surface area contributed by atoms with E-state index in [4.69, 9.17) is 9.47 Å². The molecule has 43 heavy (non-hydrogen) atoms. The Morgan fingerprint density at radius 1 is 1.09 bits per heavy atom. The van der Waals surface area contributed by atoms with E-state index in [0.717, 1.165) is 5.56 Å². The van der Waals surface area contributed by atoms with Crippen LogP contribution in [0.3, 0.4) is 0 Å². The van der Waals surface area contributed by atoms with E-state index in [1.54, 1.807) is 37.3 Å². The zero-order valence-electron chi connectivity index (χ0n) is 26.5. The number of carbonyl (C=O) groups excluding carboxylic acids is 1. The van der Waals surface area contributed by atoms with E-state index in [2.05, 4.69) is 4.90 Å². The van der Waals surface area contributed by atoms with E-state index in [0.29, 0.717) is 60.8 Å². The minimum atomic E-state index is -1.01. The molecule has 1 atom stereocenters. The van der Waals surface area contributed by atoms with Gasteiger partial charge in [0.1, 0.15) is 22.9 Å². The zero-order chi connectivity index (χ0) is 32.3. The fraction of sp³-hybridized carbons (Fsp3) is 0.412. The maximum Gasteiger partial charge on any atom is 0.415 e. The van der Waals surface area contributed by atoms with E-state index in [1.807, 2.05) is 54.7 Å². The van der Waals surface area contributed by atoms with Gasteiger partial charge in [0.25, 0.3) is 0 Å². The van der Waals surface area contributed by atoms with Gasteiger partial charge in [-0.3, -0.25) is 4.90 Å². The number of nitrogens with zero attached hydrogens (tertiary/aromatic N) is 2. The van der Waals surface area contributed by atoms with Gasteiger partial charge in [0.2, 0.25) is 0 Å². The van der Waals surface area contributed by atoms with Gasteiger partial charge in [0.15, 0.2) is 0 Å². The van der Waals surface area contributed by atoms with Crippen LogP contribution >= 0.6 is 0 Å². The van der Waals surface area contributed by atoms with Gasteiger partial charge >= 0.3 is 12.1 Å². The van der Waals surface area contributed by atoms with E-state index < -0.39 is 17.7 Å². The van der Waals surface area contributed by atoms with Crippen molar-refractivity contribution < 1.29 is 33.7 Å². The number of aromatic hydroxyl groups is 1. The Balaban J connectivity index is 0.00000155. The number of hydrogen-bond acceptors (Lipinski definition) is 6. The number of carbonyl (C=O) groups is 2. The summed E-state index contributed by atoms with van der Waals surface area (Å²) in [5.74, 6) is -0.801. The molecule has 0 saturated carbocycles. The predicted molar refractivity (Wildman–Crippen MR) is 169 cm³/mol. The number of aryl methyl sites for hydroxylation is 1. The first kappa shape index (κ1) is 35.1. The molecule has 1 aliphatic rings. The van der Waals surface area contributed by atoms with E-state index in [9.17, 15) is 24.2 Å². The summed E-state index contributed by atoms with van der Waals surface area (Å²) < 4.78 is 25.0. The van der Waals surface area contributed by atoms with E-state index >= 15 is 0 Å². The molecule has 4 rings (SSSR count). The second kappa shape index (κ2) is 15.9. The fourth-order valence-electron chi connectivity index (χ4n) is 4.82. The van der Waals surface area contributed by atoms with Crippen molar-refractivity contribution in [1.82, 2.24) is 4.90 Å². The lowest BCUT2D eigenvalue weighted by Crippen LogP contribution is -2.35. The Labute approximate surface area is 254 Å². The number of rotatable bonds is 10. The first-order chi connectivity index (χ1) is 20.5. The van der Waals surface area contributed by atoms with Crippen molar-refractivity contribution in [3.63, 3.8) is 0 Å². The van der Waals surface area contributed by atoms with Crippen LogP contribution in [0, 0.1) is 12.7 Å². The Morgan fingerprint density at radius 3 is 2.33 bits per heavy atom. The molecule has 1 amide bonds. The molecule has 1 heterocycles. The molecule has 1 unspecified atom stereocenters. The normalized spacial score (nSPS) is 15.7. The van der Waals surface area contributed by atoms with Gasteiger partial charge in [0, 0.05) is 25.2 Å². The van der Waals surface area contributed by atoms with Gasteiger partial charge in [0.05, 0.1) is 24.3 Å². The van der Waals surface area contributed by atoms with Gasteiger partial charge in [-0.05, 0) is 87.0 Å². The number of benzene rings is 3. The van der Waals surface area contributed by atoms with Crippen LogP contribution in [0.4, 0.5) is 14.9 Å². The van der Waals surface area contributed by atoms with Gasteiger partial charge in [-0.15, -0.1) is 0 Å². The number of carboxylic acid groups (broad SMARTS) is 1.